The van der Waals surface area contributed by atoms with Gasteiger partial charge in [-0.1, -0.05) is 0 Å². The first kappa shape index (κ1) is 47.0. The molecule has 2 aliphatic rings. The molecule has 0 spiro atoms. The quantitative estimate of drug-likeness (QED) is 0.144. The van der Waals surface area contributed by atoms with Gasteiger partial charge >= 0.3 is 12.4 Å². The molecule has 326 valence electrons. The van der Waals surface area contributed by atoms with Crippen molar-refractivity contribution in [1.29, 1.82) is 10.5 Å². The average Bonchev–Trinajstić information content (AvgIpc) is 3.49. The number of carbonyl (C=O) groups is 4. The van der Waals surface area contributed by atoms with Crippen LogP contribution in [-0.4, -0.2) is 52.0 Å². The van der Waals surface area contributed by atoms with Crippen LogP contribution in [0.15, 0.2) is 72.8 Å². The maximum Gasteiger partial charge on any atom is 0.417 e. The number of halogens is 8. The fourth-order valence-electron chi connectivity index (χ4n) is 6.72. The third-order valence-corrected chi connectivity index (χ3v) is 10.6. The van der Waals surface area contributed by atoms with Crippen molar-refractivity contribution in [3.8, 4) is 12.1 Å². The SMILES string of the molecule is CC1(C)C(=O)N(c2ccc(C#N)c(C(F)(F)F)c2)C(=S)N1c1ccc(C(N)=O)c(F)c1.CNC(=O)c1ccc(N2C(=S)N(c3ccc(C#N)c(C(F)(F)F)c3)C(=O)C2(C)C)cc1F. The molecule has 0 atom stereocenters. The zero-order chi connectivity index (χ0) is 47.3. The molecule has 0 radical (unpaired) electrons. The zero-order valence-corrected chi connectivity index (χ0v) is 34.8. The van der Waals surface area contributed by atoms with Crippen LogP contribution in [0.4, 0.5) is 57.9 Å². The lowest BCUT2D eigenvalue weighted by Gasteiger charge is -2.29. The number of nitrogens with zero attached hydrogens (tertiary/aromatic N) is 6. The number of hydrogen-bond acceptors (Lipinski definition) is 8. The molecule has 4 amide bonds. The molecular formula is C41H30F8N8O4S2. The summed E-state index contributed by atoms with van der Waals surface area (Å²) >= 11 is 10.7. The van der Waals surface area contributed by atoms with E-state index in [0.29, 0.717) is 12.1 Å². The van der Waals surface area contributed by atoms with E-state index in [1.165, 1.54) is 87.0 Å². The number of nitrogens with two attached hydrogens (primary N) is 1. The van der Waals surface area contributed by atoms with Gasteiger partial charge in [-0.05, 0) is 125 Å². The van der Waals surface area contributed by atoms with Crippen molar-refractivity contribution in [2.75, 3.05) is 26.6 Å². The van der Waals surface area contributed by atoms with Crippen LogP contribution in [0.3, 0.4) is 0 Å². The Labute approximate surface area is 363 Å². The first-order valence-corrected chi connectivity index (χ1v) is 18.7. The topological polar surface area (TPSA) is 167 Å². The number of alkyl halides is 6. The van der Waals surface area contributed by atoms with Gasteiger partial charge in [0.05, 0.1) is 56.9 Å². The molecule has 2 heterocycles. The second-order valence-corrected chi connectivity index (χ2v) is 15.3. The third-order valence-electron chi connectivity index (χ3n) is 9.87. The van der Waals surface area contributed by atoms with E-state index < -0.39 is 80.9 Å². The summed E-state index contributed by atoms with van der Waals surface area (Å²) in [5, 5.41) is 19.9. The zero-order valence-electron chi connectivity index (χ0n) is 33.2. The first-order valence-electron chi connectivity index (χ1n) is 17.9. The van der Waals surface area contributed by atoms with Gasteiger partial charge in [-0.15, -0.1) is 0 Å². The van der Waals surface area contributed by atoms with Gasteiger partial charge in [-0.25, -0.2) is 8.78 Å². The fourth-order valence-corrected chi connectivity index (χ4v) is 7.77. The number of nitrogens with one attached hydrogen (secondary N) is 1. The molecular weight excluding hydrogens is 885 g/mol. The summed E-state index contributed by atoms with van der Waals surface area (Å²) in [5.41, 5.74) is -1.97. The van der Waals surface area contributed by atoms with Crippen molar-refractivity contribution in [3.63, 3.8) is 0 Å². The molecule has 3 N–H and O–H groups in total. The minimum Gasteiger partial charge on any atom is -0.366 e. The predicted molar refractivity (Wildman–Crippen MR) is 220 cm³/mol. The van der Waals surface area contributed by atoms with E-state index in [1.54, 1.807) is 0 Å². The molecule has 0 unspecified atom stereocenters. The molecule has 0 bridgehead atoms. The highest BCUT2D eigenvalue weighted by molar-refractivity contribution is 7.81. The minimum atomic E-state index is -4.83. The summed E-state index contributed by atoms with van der Waals surface area (Å²) in [4.78, 5) is 53.6. The van der Waals surface area contributed by atoms with Gasteiger partial charge in [0.2, 0.25) is 0 Å². The molecule has 0 saturated carbocycles. The van der Waals surface area contributed by atoms with Crippen LogP contribution in [-0.2, 0) is 21.9 Å². The molecule has 63 heavy (non-hydrogen) atoms. The Balaban J connectivity index is 0.000000238. The average molecular weight is 915 g/mol. The summed E-state index contributed by atoms with van der Waals surface area (Å²) in [7, 11) is 1.34. The van der Waals surface area contributed by atoms with E-state index in [4.69, 9.17) is 40.7 Å². The van der Waals surface area contributed by atoms with Crippen LogP contribution < -0.4 is 30.7 Å². The van der Waals surface area contributed by atoms with E-state index in [2.05, 4.69) is 5.32 Å². The fraction of sp³-hybridized carbons (Fsp3) is 0.220. The Bertz CT molecular complexity index is 2730. The molecule has 6 rings (SSSR count). The standard InChI is InChI=1S/C21H16F4N4O2S.C20H14F4N4O2S/c1-20(2)18(31)28(12-5-4-11(10-26)15(8-12)21(23,24)25)19(32)29(20)13-6-7-14(16(22)9-13)17(30)27-3;1-19(2)17(30)27(11-4-3-10(9-25)14(7-11)20(22,23)24)18(31)28(19)12-5-6-13(16(26)29)15(21)8-12/h4-9H,1-3H3,(H,27,30);3-8H,1-2H3,(H2,26,29). The van der Waals surface area contributed by atoms with Crippen LogP contribution in [0, 0.1) is 34.3 Å². The van der Waals surface area contributed by atoms with Crippen molar-refractivity contribution < 1.29 is 54.3 Å². The smallest absolute Gasteiger partial charge is 0.366 e. The minimum absolute atomic E-state index is 0.109. The van der Waals surface area contributed by atoms with E-state index in [9.17, 15) is 54.3 Å². The Morgan fingerprint density at radius 2 is 0.984 bits per heavy atom. The largest absolute Gasteiger partial charge is 0.417 e. The van der Waals surface area contributed by atoms with Crippen LogP contribution >= 0.6 is 24.4 Å². The number of carbonyl (C=O) groups excluding carboxylic acids is 4. The number of benzene rings is 4. The second kappa shape index (κ2) is 16.7. The van der Waals surface area contributed by atoms with Gasteiger partial charge < -0.3 is 20.9 Å². The lowest BCUT2D eigenvalue weighted by molar-refractivity contribution is -0.138. The van der Waals surface area contributed by atoms with E-state index in [-0.39, 0.29) is 44.1 Å². The Morgan fingerprint density at radius 3 is 1.29 bits per heavy atom. The number of nitriles is 2. The van der Waals surface area contributed by atoms with E-state index in [0.717, 1.165) is 40.1 Å². The molecule has 12 nitrogen and oxygen atoms in total. The molecule has 4 aromatic rings. The van der Waals surface area contributed by atoms with E-state index in [1.807, 2.05) is 0 Å². The maximum atomic E-state index is 14.5. The summed E-state index contributed by atoms with van der Waals surface area (Å²) in [5.74, 6) is -4.73. The molecule has 2 saturated heterocycles. The number of hydrogen-bond donors (Lipinski definition) is 2. The highest BCUT2D eigenvalue weighted by Crippen LogP contribution is 2.42. The molecule has 22 heteroatoms. The second-order valence-electron chi connectivity index (χ2n) is 14.6. The molecule has 2 aliphatic heterocycles. The van der Waals surface area contributed by atoms with Crippen molar-refractivity contribution in [1.82, 2.24) is 5.32 Å². The van der Waals surface area contributed by atoms with Crippen LogP contribution in [0.5, 0.6) is 0 Å². The van der Waals surface area contributed by atoms with Crippen molar-refractivity contribution >= 4 is 81.0 Å². The molecule has 0 aliphatic carbocycles. The lowest BCUT2D eigenvalue weighted by atomic mass is 10.0. The Kier molecular flexibility index (Phi) is 12.4. The van der Waals surface area contributed by atoms with Crippen molar-refractivity contribution in [2.24, 2.45) is 5.73 Å². The van der Waals surface area contributed by atoms with Gasteiger partial charge in [-0.2, -0.15) is 36.9 Å². The highest BCUT2D eigenvalue weighted by Gasteiger charge is 2.52. The summed E-state index contributed by atoms with van der Waals surface area (Å²) < 4.78 is 109. The van der Waals surface area contributed by atoms with Gasteiger partial charge in [0.15, 0.2) is 10.2 Å². The van der Waals surface area contributed by atoms with Crippen molar-refractivity contribution in [3.05, 3.63) is 118 Å². The molecule has 2 fully saturated rings. The summed E-state index contributed by atoms with van der Waals surface area (Å²) in [6.45, 7) is 5.91. The van der Waals surface area contributed by atoms with Gasteiger partial charge in [0, 0.05) is 18.4 Å². The normalized spacial score (nSPS) is 15.8. The Morgan fingerprint density at radius 1 is 0.635 bits per heavy atom. The number of thiocarbonyl (C=S) groups is 2. The Hall–Kier alpha value is -7.04. The van der Waals surface area contributed by atoms with Gasteiger partial charge in [-0.3, -0.25) is 29.0 Å². The molecule has 0 aromatic heterocycles. The third kappa shape index (κ3) is 8.46. The highest BCUT2D eigenvalue weighted by atomic mass is 32.1. The van der Waals surface area contributed by atoms with Crippen molar-refractivity contribution in [2.45, 2.75) is 51.1 Å². The van der Waals surface area contributed by atoms with Crippen LogP contribution in [0.1, 0.15) is 70.7 Å². The predicted octanol–water partition coefficient (Wildman–Crippen LogP) is 7.72. The number of anilines is 4. The monoisotopic (exact) mass is 914 g/mol. The summed E-state index contributed by atoms with van der Waals surface area (Å²) in [6.07, 6.45) is -9.64. The van der Waals surface area contributed by atoms with Gasteiger partial charge in [0.1, 0.15) is 22.7 Å². The first-order chi connectivity index (χ1) is 29.1. The molecule has 4 aromatic carbocycles. The van der Waals surface area contributed by atoms with Crippen LogP contribution in [0.25, 0.3) is 0 Å². The lowest BCUT2D eigenvalue weighted by Crippen LogP contribution is -2.44. The number of amides is 4. The maximum absolute atomic E-state index is 14.5. The van der Waals surface area contributed by atoms with Gasteiger partial charge in [0.25, 0.3) is 23.6 Å². The number of rotatable bonds is 6. The number of primary amides is 1. The van der Waals surface area contributed by atoms with Crippen LogP contribution in [0.2, 0.25) is 0 Å². The summed E-state index contributed by atoms with van der Waals surface area (Å²) in [6, 6.07) is 15.6. The van der Waals surface area contributed by atoms with E-state index >= 15 is 0 Å².